The van der Waals surface area contributed by atoms with Crippen molar-refractivity contribution in [2.24, 2.45) is 0 Å². The zero-order valence-electron chi connectivity index (χ0n) is 10.5. The van der Waals surface area contributed by atoms with E-state index in [2.05, 4.69) is 21.3 Å². The van der Waals surface area contributed by atoms with Crippen LogP contribution in [0.4, 0.5) is 0 Å². The normalized spacial score (nSPS) is 9.22. The first kappa shape index (κ1) is 15.9. The molecule has 0 aliphatic heterocycles. The molecule has 0 heterocycles. The average Bonchev–Trinajstić information content (AvgIpc) is 2.31. The minimum absolute atomic E-state index is 0.131. The van der Waals surface area contributed by atoms with Crippen molar-refractivity contribution in [3.8, 4) is 0 Å². The summed E-state index contributed by atoms with van der Waals surface area (Å²) >= 11 is 0. The van der Waals surface area contributed by atoms with Gasteiger partial charge in [0.25, 0.3) is 0 Å². The first-order valence-corrected chi connectivity index (χ1v) is 5.50. The molecule has 0 aromatic rings. The smallest absolute Gasteiger partial charge is 0.239 e. The van der Waals surface area contributed by atoms with E-state index in [9.17, 15) is 19.2 Å². The molecule has 0 radical (unpaired) electrons. The van der Waals surface area contributed by atoms with Crippen LogP contribution in [0.1, 0.15) is 13.8 Å². The number of carbonyl (C=O) groups is 4. The molecule has 4 N–H and O–H groups in total. The fraction of sp³-hybridized carbons (Fsp3) is 0.600. The van der Waals surface area contributed by atoms with Crippen LogP contribution < -0.4 is 21.3 Å². The van der Waals surface area contributed by atoms with Crippen molar-refractivity contribution >= 4 is 23.6 Å². The molecule has 0 atom stereocenters. The lowest BCUT2D eigenvalue weighted by Crippen LogP contribution is -2.44. The van der Waals surface area contributed by atoms with E-state index < -0.39 is 11.8 Å². The average molecular weight is 258 g/mol. The summed E-state index contributed by atoms with van der Waals surface area (Å²) in [4.78, 5) is 43.8. The molecule has 0 aromatic heterocycles. The van der Waals surface area contributed by atoms with E-state index in [1.165, 1.54) is 6.92 Å². The summed E-state index contributed by atoms with van der Waals surface area (Å²) in [6, 6.07) is 0. The van der Waals surface area contributed by atoms with Crippen LogP contribution in [0.3, 0.4) is 0 Å². The highest BCUT2D eigenvalue weighted by atomic mass is 16.2. The van der Waals surface area contributed by atoms with Crippen LogP contribution in [0.2, 0.25) is 0 Å². The van der Waals surface area contributed by atoms with Crippen molar-refractivity contribution in [2.75, 3.05) is 26.2 Å². The Morgan fingerprint density at radius 2 is 1.11 bits per heavy atom. The van der Waals surface area contributed by atoms with Crippen LogP contribution in [-0.2, 0) is 19.2 Å². The summed E-state index contributed by atoms with van der Waals surface area (Å²) in [6.45, 7) is 2.99. The zero-order chi connectivity index (χ0) is 14.0. The van der Waals surface area contributed by atoms with Gasteiger partial charge in [-0.15, -0.1) is 0 Å². The number of carbonyl (C=O) groups excluding carboxylic acids is 4. The molecule has 0 unspecified atom stereocenters. The lowest BCUT2D eigenvalue weighted by atomic mass is 10.4. The lowest BCUT2D eigenvalue weighted by Gasteiger charge is -2.07. The highest BCUT2D eigenvalue weighted by molar-refractivity contribution is 5.89. The molecular formula is C10H18N4O4. The van der Waals surface area contributed by atoms with Crippen molar-refractivity contribution in [3.05, 3.63) is 0 Å². The second-order valence-electron chi connectivity index (χ2n) is 3.42. The number of hydrogen-bond donors (Lipinski definition) is 4. The molecule has 0 aliphatic rings. The number of hydrogen-bond acceptors (Lipinski definition) is 4. The Hall–Kier alpha value is -2.12. The third-order valence-corrected chi connectivity index (χ3v) is 1.76. The summed E-state index contributed by atoms with van der Waals surface area (Å²) in [5.74, 6) is -1.57. The Bertz CT molecular complexity index is 330. The maximum Gasteiger partial charge on any atom is 0.239 e. The number of likely N-dealkylation sites (N-methyl/N-ethyl adjacent to an activating group) is 1. The Balaban J connectivity index is 3.67. The maximum absolute atomic E-state index is 11.2. The van der Waals surface area contributed by atoms with Crippen LogP contribution in [0.25, 0.3) is 0 Å². The number of amides is 4. The van der Waals surface area contributed by atoms with E-state index >= 15 is 0 Å². The van der Waals surface area contributed by atoms with Crippen LogP contribution in [0.15, 0.2) is 0 Å². The van der Waals surface area contributed by atoms with E-state index in [0.29, 0.717) is 6.54 Å². The van der Waals surface area contributed by atoms with E-state index in [1.54, 1.807) is 6.92 Å². The summed E-state index contributed by atoms with van der Waals surface area (Å²) in [7, 11) is 0. The van der Waals surface area contributed by atoms with Gasteiger partial charge in [0.05, 0.1) is 19.6 Å². The molecule has 102 valence electrons. The molecule has 0 aliphatic carbocycles. The molecule has 0 bridgehead atoms. The number of nitrogens with one attached hydrogen (secondary N) is 4. The van der Waals surface area contributed by atoms with Gasteiger partial charge in [-0.2, -0.15) is 0 Å². The zero-order valence-corrected chi connectivity index (χ0v) is 10.5. The largest absolute Gasteiger partial charge is 0.355 e. The van der Waals surface area contributed by atoms with Gasteiger partial charge in [-0.25, -0.2) is 0 Å². The summed E-state index contributed by atoms with van der Waals surface area (Å²) in [6.07, 6.45) is 0. The third-order valence-electron chi connectivity index (χ3n) is 1.76. The van der Waals surface area contributed by atoms with E-state index in [0.717, 1.165) is 0 Å². The second kappa shape index (κ2) is 8.97. The second-order valence-corrected chi connectivity index (χ2v) is 3.42. The SMILES string of the molecule is CCNC(=O)CNC(=O)CNC(=O)CNC(C)=O. The molecule has 8 nitrogen and oxygen atoms in total. The summed E-state index contributed by atoms with van der Waals surface area (Å²) in [5, 5.41) is 9.43. The Kier molecular flexibility index (Phi) is 7.91. The maximum atomic E-state index is 11.2. The minimum Gasteiger partial charge on any atom is -0.355 e. The Morgan fingerprint density at radius 1 is 0.722 bits per heavy atom. The molecular weight excluding hydrogens is 240 g/mol. The van der Waals surface area contributed by atoms with Gasteiger partial charge in [0.15, 0.2) is 0 Å². The molecule has 0 saturated carbocycles. The minimum atomic E-state index is -0.475. The topological polar surface area (TPSA) is 116 Å². The van der Waals surface area contributed by atoms with Crippen LogP contribution in [0.5, 0.6) is 0 Å². The van der Waals surface area contributed by atoms with E-state index in [4.69, 9.17) is 0 Å². The van der Waals surface area contributed by atoms with Crippen molar-refractivity contribution in [2.45, 2.75) is 13.8 Å². The predicted octanol–water partition coefficient (Wildman–Crippen LogP) is -2.51. The van der Waals surface area contributed by atoms with Gasteiger partial charge in [-0.3, -0.25) is 19.2 Å². The Morgan fingerprint density at radius 3 is 1.50 bits per heavy atom. The molecule has 0 fully saturated rings. The molecule has 0 saturated heterocycles. The van der Waals surface area contributed by atoms with Gasteiger partial charge >= 0.3 is 0 Å². The van der Waals surface area contributed by atoms with Gasteiger partial charge in [0, 0.05) is 13.5 Å². The van der Waals surface area contributed by atoms with Crippen molar-refractivity contribution in [3.63, 3.8) is 0 Å². The molecule has 0 spiro atoms. The van der Waals surface area contributed by atoms with Gasteiger partial charge in [-0.05, 0) is 6.92 Å². The third kappa shape index (κ3) is 9.13. The van der Waals surface area contributed by atoms with Gasteiger partial charge in [0.2, 0.25) is 23.6 Å². The van der Waals surface area contributed by atoms with E-state index in [1.807, 2.05) is 0 Å². The van der Waals surface area contributed by atoms with Gasteiger partial charge in [-0.1, -0.05) is 0 Å². The molecule has 8 heteroatoms. The van der Waals surface area contributed by atoms with Crippen LogP contribution >= 0.6 is 0 Å². The first-order chi connectivity index (χ1) is 8.45. The highest BCUT2D eigenvalue weighted by Gasteiger charge is 2.07. The molecule has 0 aromatic carbocycles. The quantitative estimate of drug-likeness (QED) is 0.403. The molecule has 0 rings (SSSR count). The highest BCUT2D eigenvalue weighted by Crippen LogP contribution is 1.70. The molecule has 4 amide bonds. The van der Waals surface area contributed by atoms with Crippen LogP contribution in [-0.4, -0.2) is 49.8 Å². The fourth-order valence-corrected chi connectivity index (χ4v) is 0.947. The van der Waals surface area contributed by atoms with Crippen LogP contribution in [0, 0.1) is 0 Å². The van der Waals surface area contributed by atoms with Crippen molar-refractivity contribution < 1.29 is 19.2 Å². The summed E-state index contributed by atoms with van der Waals surface area (Å²) in [5.41, 5.74) is 0. The van der Waals surface area contributed by atoms with Gasteiger partial charge < -0.3 is 21.3 Å². The Labute approximate surface area is 105 Å². The summed E-state index contributed by atoms with van der Waals surface area (Å²) < 4.78 is 0. The fourth-order valence-electron chi connectivity index (χ4n) is 0.947. The predicted molar refractivity (Wildman–Crippen MR) is 63.4 cm³/mol. The lowest BCUT2D eigenvalue weighted by molar-refractivity contribution is -0.128. The standard InChI is InChI=1S/C10H18N4O4/c1-3-11-8(16)5-13-10(18)6-14-9(17)4-12-7(2)15/h3-6H2,1-2H3,(H,11,16)(H,12,15)(H,13,18)(H,14,17). The monoisotopic (exact) mass is 258 g/mol. The molecule has 18 heavy (non-hydrogen) atoms. The van der Waals surface area contributed by atoms with Gasteiger partial charge in [0.1, 0.15) is 0 Å². The van der Waals surface area contributed by atoms with Crippen molar-refractivity contribution in [1.29, 1.82) is 0 Å². The number of rotatable bonds is 7. The van der Waals surface area contributed by atoms with Crippen molar-refractivity contribution in [1.82, 2.24) is 21.3 Å². The van der Waals surface area contributed by atoms with E-state index in [-0.39, 0.29) is 31.4 Å². The first-order valence-electron chi connectivity index (χ1n) is 5.50.